The lowest BCUT2D eigenvalue weighted by molar-refractivity contribution is -0.124. The van der Waals surface area contributed by atoms with Crippen molar-refractivity contribution in [3.05, 3.63) is 41.5 Å². The average Bonchev–Trinajstić information content (AvgIpc) is 3.14. The zero-order valence-corrected chi connectivity index (χ0v) is 16.2. The summed E-state index contributed by atoms with van der Waals surface area (Å²) in [5.41, 5.74) is 0.455. The van der Waals surface area contributed by atoms with E-state index in [1.54, 1.807) is 32.0 Å². The predicted octanol–water partition coefficient (Wildman–Crippen LogP) is 1.32. The monoisotopic (exact) mass is 391 g/mol. The van der Waals surface area contributed by atoms with Gasteiger partial charge in [0.25, 0.3) is 10.0 Å². The van der Waals surface area contributed by atoms with Gasteiger partial charge < -0.3 is 9.84 Å². The quantitative estimate of drug-likeness (QED) is 0.791. The third-order valence-corrected chi connectivity index (χ3v) is 5.50. The van der Waals surface area contributed by atoms with Gasteiger partial charge in [-0.3, -0.25) is 14.5 Å². The van der Waals surface area contributed by atoms with Crippen molar-refractivity contribution in [2.45, 2.75) is 44.7 Å². The van der Waals surface area contributed by atoms with Crippen molar-refractivity contribution in [1.29, 1.82) is 0 Å². The van der Waals surface area contributed by atoms with Gasteiger partial charge in [-0.05, 0) is 31.9 Å². The van der Waals surface area contributed by atoms with Crippen LogP contribution >= 0.6 is 0 Å². The van der Waals surface area contributed by atoms with Crippen molar-refractivity contribution >= 4 is 21.8 Å². The number of nitrogens with one attached hydrogen (secondary N) is 2. The molecule has 0 saturated carbocycles. The van der Waals surface area contributed by atoms with Crippen LogP contribution in [0.3, 0.4) is 0 Å². The number of hydrogen-bond acceptors (Lipinski definition) is 7. The molecule has 2 N–H and O–H groups in total. The van der Waals surface area contributed by atoms with E-state index in [1.807, 2.05) is 13.8 Å². The molecule has 144 valence electrons. The first-order chi connectivity index (χ1) is 12.7. The molecule has 2 aromatic rings. The lowest BCUT2D eigenvalue weighted by Crippen LogP contribution is -2.39. The Balaban J connectivity index is 1.86. The molecule has 2 atom stereocenters. The highest BCUT2D eigenvalue weighted by Crippen LogP contribution is 2.23. The lowest BCUT2D eigenvalue weighted by Gasteiger charge is -2.19. The first kappa shape index (κ1) is 19.0. The Bertz CT molecular complexity index is 996. The molecule has 0 aliphatic carbocycles. The molecule has 0 spiro atoms. The van der Waals surface area contributed by atoms with E-state index in [0.29, 0.717) is 17.3 Å². The summed E-state index contributed by atoms with van der Waals surface area (Å²) in [5.74, 6) is 0.420. The van der Waals surface area contributed by atoms with Crippen LogP contribution in [0.15, 0.2) is 38.7 Å². The second-order valence-corrected chi connectivity index (χ2v) is 8.33. The second-order valence-electron chi connectivity index (χ2n) is 6.68. The largest absolute Gasteiger partial charge is 0.343 e. The van der Waals surface area contributed by atoms with Gasteiger partial charge in [0, 0.05) is 5.56 Å². The molecule has 0 radical (unpaired) electrons. The van der Waals surface area contributed by atoms with Gasteiger partial charge in [0.1, 0.15) is 17.9 Å². The second kappa shape index (κ2) is 7.10. The number of rotatable bonds is 5. The number of carbonyl (C=O) groups is 1. The fourth-order valence-electron chi connectivity index (χ4n) is 2.73. The molecule has 27 heavy (non-hydrogen) atoms. The molecule has 1 aliphatic heterocycles. The van der Waals surface area contributed by atoms with Gasteiger partial charge in [-0.15, -0.1) is 0 Å². The van der Waals surface area contributed by atoms with Crippen LogP contribution in [0.1, 0.15) is 44.1 Å². The predicted molar refractivity (Wildman–Crippen MR) is 97.5 cm³/mol. The minimum atomic E-state index is -3.66. The van der Waals surface area contributed by atoms with Crippen LogP contribution < -0.4 is 10.0 Å². The van der Waals surface area contributed by atoms with E-state index >= 15 is 0 Å². The maximum atomic E-state index is 12.8. The van der Waals surface area contributed by atoms with Crippen LogP contribution in [-0.4, -0.2) is 36.3 Å². The van der Waals surface area contributed by atoms with Crippen molar-refractivity contribution in [3.63, 3.8) is 0 Å². The van der Waals surface area contributed by atoms with E-state index in [4.69, 9.17) is 4.52 Å². The van der Waals surface area contributed by atoms with Gasteiger partial charge in [0.05, 0.1) is 4.90 Å². The zero-order valence-electron chi connectivity index (χ0n) is 15.4. The van der Waals surface area contributed by atoms with Crippen molar-refractivity contribution in [3.8, 4) is 0 Å². The van der Waals surface area contributed by atoms with E-state index < -0.39 is 22.1 Å². The van der Waals surface area contributed by atoms with Gasteiger partial charge >= 0.3 is 0 Å². The van der Waals surface area contributed by atoms with Crippen molar-refractivity contribution in [2.75, 3.05) is 0 Å². The molecule has 2 heterocycles. The summed E-state index contributed by atoms with van der Waals surface area (Å²) >= 11 is 0. The molecule has 1 aromatic carbocycles. The zero-order chi connectivity index (χ0) is 19.8. The third-order valence-electron chi connectivity index (χ3n) is 4.10. The molecule has 0 bridgehead atoms. The number of amidine groups is 1. The van der Waals surface area contributed by atoms with E-state index in [2.05, 4.69) is 25.2 Å². The van der Waals surface area contributed by atoms with Crippen LogP contribution in [0.2, 0.25) is 0 Å². The number of benzene rings is 1. The molecular weight excluding hydrogens is 370 g/mol. The van der Waals surface area contributed by atoms with Gasteiger partial charge in [0.15, 0.2) is 5.82 Å². The highest BCUT2D eigenvalue weighted by molar-refractivity contribution is 7.90. The smallest absolute Gasteiger partial charge is 0.263 e. The normalized spacial score (nSPS) is 18.8. The van der Waals surface area contributed by atoms with Crippen molar-refractivity contribution < 1.29 is 17.7 Å². The summed E-state index contributed by atoms with van der Waals surface area (Å²) in [6, 6.07) is 5.24. The van der Waals surface area contributed by atoms with Crippen molar-refractivity contribution in [2.24, 2.45) is 10.9 Å². The summed E-state index contributed by atoms with van der Waals surface area (Å²) in [6.45, 7) is 7.09. The average molecular weight is 391 g/mol. The fraction of sp³-hybridized carbons (Fsp3) is 0.412. The summed E-state index contributed by atoms with van der Waals surface area (Å²) in [6.07, 6.45) is 0. The number of nitrogens with zero attached hydrogens (tertiary/aromatic N) is 3. The minimum Gasteiger partial charge on any atom is -0.343 e. The SMILES string of the molecule is Cc1noc(C(C)NC(=O)[C@@H](N=C2NS(=O)(=O)c3ccccc32)C(C)C)n1. The van der Waals surface area contributed by atoms with Crippen LogP contribution in [0.25, 0.3) is 0 Å². The summed E-state index contributed by atoms with van der Waals surface area (Å²) in [7, 11) is -3.66. The van der Waals surface area contributed by atoms with Crippen LogP contribution in [-0.2, 0) is 14.8 Å². The first-order valence-corrected chi connectivity index (χ1v) is 9.98. The minimum absolute atomic E-state index is 0.154. The summed E-state index contributed by atoms with van der Waals surface area (Å²) < 4.78 is 32.0. The van der Waals surface area contributed by atoms with Crippen LogP contribution in [0.5, 0.6) is 0 Å². The van der Waals surface area contributed by atoms with Gasteiger partial charge in [-0.25, -0.2) is 8.42 Å². The van der Waals surface area contributed by atoms with Crippen LogP contribution in [0.4, 0.5) is 0 Å². The number of aromatic nitrogens is 2. The van der Waals surface area contributed by atoms with Gasteiger partial charge in [0.2, 0.25) is 11.8 Å². The third kappa shape index (κ3) is 3.85. The highest BCUT2D eigenvalue weighted by atomic mass is 32.2. The van der Waals surface area contributed by atoms with E-state index in [-0.39, 0.29) is 22.6 Å². The molecule has 0 fully saturated rings. The lowest BCUT2D eigenvalue weighted by atomic mass is 10.0. The van der Waals surface area contributed by atoms with Crippen LogP contribution in [0, 0.1) is 12.8 Å². The molecule has 1 aromatic heterocycles. The summed E-state index contributed by atoms with van der Waals surface area (Å²) in [4.78, 5) is 21.4. The number of carbonyl (C=O) groups excluding carboxylic acids is 1. The van der Waals surface area contributed by atoms with Gasteiger partial charge in [-0.2, -0.15) is 4.98 Å². The highest BCUT2D eigenvalue weighted by Gasteiger charge is 2.33. The number of aryl methyl sites for hydroxylation is 1. The Hall–Kier alpha value is -2.75. The van der Waals surface area contributed by atoms with Crippen molar-refractivity contribution in [1.82, 2.24) is 20.2 Å². The molecule has 0 saturated heterocycles. The fourth-order valence-corrected chi connectivity index (χ4v) is 3.97. The number of amides is 1. The maximum absolute atomic E-state index is 12.8. The maximum Gasteiger partial charge on any atom is 0.263 e. The molecule has 1 amide bonds. The van der Waals surface area contributed by atoms with E-state index in [1.165, 1.54) is 6.07 Å². The van der Waals surface area contributed by atoms with E-state index in [0.717, 1.165) is 0 Å². The summed E-state index contributed by atoms with van der Waals surface area (Å²) in [5, 5.41) is 6.50. The molecular formula is C17H21N5O4S. The Morgan fingerprint density at radius 2 is 1.96 bits per heavy atom. The van der Waals surface area contributed by atoms with Gasteiger partial charge in [-0.1, -0.05) is 31.1 Å². The van der Waals surface area contributed by atoms with E-state index in [9.17, 15) is 13.2 Å². The topological polar surface area (TPSA) is 127 Å². The Labute approximate surface area is 157 Å². The number of aliphatic imine (C=N–C) groups is 1. The Morgan fingerprint density at radius 1 is 1.26 bits per heavy atom. The first-order valence-electron chi connectivity index (χ1n) is 8.49. The Kier molecular flexibility index (Phi) is 5.01. The molecule has 3 rings (SSSR count). The molecule has 1 aliphatic rings. The standard InChI is InChI=1S/C17H21N5O4S/c1-9(2)14(16(23)18-10(3)17-19-11(4)21-26-17)20-15-12-7-5-6-8-13(12)27(24,25)22-15/h5-10,14H,1-4H3,(H,18,23)(H,20,22)/t10?,14-/m0/s1. The number of fused-ring (bicyclic) bond motifs is 1. The molecule has 1 unspecified atom stereocenters. The number of hydrogen-bond donors (Lipinski definition) is 2. The molecule has 9 nitrogen and oxygen atoms in total. The number of sulfonamides is 1. The molecule has 10 heteroatoms. The Morgan fingerprint density at radius 3 is 2.59 bits per heavy atom.